The van der Waals surface area contributed by atoms with Crippen LogP contribution >= 0.6 is 11.6 Å². The van der Waals surface area contributed by atoms with E-state index in [2.05, 4.69) is 26.1 Å². The number of nitrogens with one attached hydrogen (secondary N) is 1. The molecule has 1 N–H and O–H groups in total. The van der Waals surface area contributed by atoms with Crippen LogP contribution in [0.1, 0.15) is 30.7 Å². The van der Waals surface area contributed by atoms with Gasteiger partial charge in [-0.05, 0) is 37.9 Å². The van der Waals surface area contributed by atoms with E-state index < -0.39 is 0 Å². The second-order valence-electron chi connectivity index (χ2n) is 5.24. The highest BCUT2D eigenvalue weighted by Gasteiger charge is 2.14. The van der Waals surface area contributed by atoms with Gasteiger partial charge in [0.1, 0.15) is 11.3 Å². The lowest BCUT2D eigenvalue weighted by atomic mass is 10.1. The zero-order chi connectivity index (χ0) is 13.3. The smallest absolute Gasteiger partial charge is 0.139 e. The van der Waals surface area contributed by atoms with Crippen molar-refractivity contribution < 1.29 is 4.42 Å². The van der Waals surface area contributed by atoms with Crippen molar-refractivity contribution in [2.24, 2.45) is 5.92 Å². The zero-order valence-corrected chi connectivity index (χ0v) is 12.2. The quantitative estimate of drug-likeness (QED) is 0.884. The summed E-state index contributed by atoms with van der Waals surface area (Å²) in [4.78, 5) is 0. The van der Waals surface area contributed by atoms with Crippen LogP contribution in [0.25, 0.3) is 11.0 Å². The fraction of sp³-hybridized carbons (Fsp3) is 0.467. The molecule has 0 fully saturated rings. The van der Waals surface area contributed by atoms with Crippen LogP contribution in [-0.2, 0) is 6.54 Å². The molecule has 2 nitrogen and oxygen atoms in total. The van der Waals surface area contributed by atoms with Crippen LogP contribution in [0.2, 0.25) is 5.02 Å². The number of furan rings is 1. The largest absolute Gasteiger partial charge is 0.459 e. The summed E-state index contributed by atoms with van der Waals surface area (Å²) < 4.78 is 5.95. The Labute approximate surface area is 113 Å². The van der Waals surface area contributed by atoms with Crippen LogP contribution in [0.4, 0.5) is 0 Å². The van der Waals surface area contributed by atoms with Crippen LogP contribution in [0.15, 0.2) is 16.5 Å². The molecule has 0 spiro atoms. The summed E-state index contributed by atoms with van der Waals surface area (Å²) in [6, 6.07) is 3.94. The first-order chi connectivity index (χ1) is 8.50. The van der Waals surface area contributed by atoms with Crippen molar-refractivity contribution >= 4 is 22.6 Å². The number of rotatable bonds is 4. The summed E-state index contributed by atoms with van der Waals surface area (Å²) in [6.07, 6.45) is 0. The predicted molar refractivity (Wildman–Crippen MR) is 77.2 cm³/mol. The van der Waals surface area contributed by atoms with E-state index in [4.69, 9.17) is 16.0 Å². The molecular formula is C15H20ClNO. The molecule has 0 saturated heterocycles. The van der Waals surface area contributed by atoms with E-state index in [9.17, 15) is 0 Å². The van der Waals surface area contributed by atoms with Gasteiger partial charge in [0, 0.05) is 10.9 Å². The van der Waals surface area contributed by atoms with Gasteiger partial charge >= 0.3 is 0 Å². The summed E-state index contributed by atoms with van der Waals surface area (Å²) >= 11 is 6.25. The molecule has 0 bridgehead atoms. The third-order valence-corrected chi connectivity index (χ3v) is 3.48. The third-order valence-electron chi connectivity index (χ3n) is 3.16. The van der Waals surface area contributed by atoms with Crippen molar-refractivity contribution in [1.29, 1.82) is 0 Å². The van der Waals surface area contributed by atoms with Crippen LogP contribution in [0, 0.1) is 19.8 Å². The Bertz CT molecular complexity index is 557. The topological polar surface area (TPSA) is 25.2 Å². The van der Waals surface area contributed by atoms with E-state index in [0.29, 0.717) is 5.92 Å². The maximum Gasteiger partial charge on any atom is 0.139 e. The van der Waals surface area contributed by atoms with Crippen LogP contribution < -0.4 is 5.32 Å². The second kappa shape index (κ2) is 5.33. The van der Waals surface area contributed by atoms with Gasteiger partial charge in [0.15, 0.2) is 0 Å². The Morgan fingerprint density at radius 1 is 1.28 bits per heavy atom. The highest BCUT2D eigenvalue weighted by atomic mass is 35.5. The Morgan fingerprint density at radius 2 is 2.00 bits per heavy atom. The predicted octanol–water partition coefficient (Wildman–Crippen LogP) is 4.45. The maximum absolute atomic E-state index is 6.25. The van der Waals surface area contributed by atoms with Gasteiger partial charge in [-0.2, -0.15) is 0 Å². The van der Waals surface area contributed by atoms with Crippen molar-refractivity contribution in [2.45, 2.75) is 34.2 Å². The van der Waals surface area contributed by atoms with Crippen molar-refractivity contribution in [3.05, 3.63) is 34.0 Å². The van der Waals surface area contributed by atoms with Gasteiger partial charge in [-0.15, -0.1) is 0 Å². The number of benzene rings is 1. The molecule has 0 aliphatic rings. The van der Waals surface area contributed by atoms with Gasteiger partial charge in [-0.1, -0.05) is 31.5 Å². The summed E-state index contributed by atoms with van der Waals surface area (Å²) in [5.74, 6) is 1.63. The second-order valence-corrected chi connectivity index (χ2v) is 5.65. The van der Waals surface area contributed by atoms with Crippen LogP contribution in [0.5, 0.6) is 0 Å². The molecule has 1 heterocycles. The first-order valence-electron chi connectivity index (χ1n) is 6.38. The standard InChI is InChI=1S/C15H20ClNO/c1-9(2)7-17-8-13-11(4)14-12(16)6-5-10(3)15(14)18-13/h5-6,9,17H,7-8H2,1-4H3. The Morgan fingerprint density at radius 3 is 2.61 bits per heavy atom. The molecule has 0 aliphatic heterocycles. The highest BCUT2D eigenvalue weighted by Crippen LogP contribution is 2.33. The van der Waals surface area contributed by atoms with Crippen LogP contribution in [-0.4, -0.2) is 6.54 Å². The molecule has 0 unspecified atom stereocenters. The Kier molecular flexibility index (Phi) is 3.98. The van der Waals surface area contributed by atoms with Gasteiger partial charge in [0.2, 0.25) is 0 Å². The number of aryl methyl sites for hydroxylation is 2. The van der Waals surface area contributed by atoms with Gasteiger partial charge in [-0.25, -0.2) is 0 Å². The first-order valence-corrected chi connectivity index (χ1v) is 6.76. The molecule has 0 amide bonds. The molecular weight excluding hydrogens is 246 g/mol. The molecule has 1 aromatic heterocycles. The van der Waals surface area contributed by atoms with Crippen LogP contribution in [0.3, 0.4) is 0 Å². The van der Waals surface area contributed by atoms with E-state index in [1.165, 1.54) is 0 Å². The zero-order valence-electron chi connectivity index (χ0n) is 11.4. The highest BCUT2D eigenvalue weighted by molar-refractivity contribution is 6.35. The molecule has 0 saturated carbocycles. The minimum Gasteiger partial charge on any atom is -0.459 e. The molecule has 0 radical (unpaired) electrons. The minimum absolute atomic E-state index is 0.639. The van der Waals surface area contributed by atoms with Crippen molar-refractivity contribution in [3.8, 4) is 0 Å². The van der Waals surface area contributed by atoms with E-state index in [1.807, 2.05) is 19.1 Å². The van der Waals surface area contributed by atoms with E-state index >= 15 is 0 Å². The maximum atomic E-state index is 6.25. The summed E-state index contributed by atoms with van der Waals surface area (Å²) in [5.41, 5.74) is 3.20. The van der Waals surface area contributed by atoms with Gasteiger partial charge < -0.3 is 9.73 Å². The summed E-state index contributed by atoms with van der Waals surface area (Å²) in [5, 5.41) is 5.23. The molecule has 0 aliphatic carbocycles. The number of hydrogen-bond acceptors (Lipinski definition) is 2. The lowest BCUT2D eigenvalue weighted by Gasteiger charge is -2.05. The fourth-order valence-corrected chi connectivity index (χ4v) is 2.42. The van der Waals surface area contributed by atoms with Crippen molar-refractivity contribution in [2.75, 3.05) is 6.54 Å². The normalized spacial score (nSPS) is 11.7. The number of fused-ring (bicyclic) bond motifs is 1. The summed E-state index contributed by atoms with van der Waals surface area (Å²) in [7, 11) is 0. The van der Waals surface area contributed by atoms with Gasteiger partial charge in [0.25, 0.3) is 0 Å². The fourth-order valence-electron chi connectivity index (χ4n) is 2.13. The number of hydrogen-bond donors (Lipinski definition) is 1. The molecule has 0 atom stereocenters. The molecule has 2 rings (SSSR count). The van der Waals surface area contributed by atoms with E-state index in [1.54, 1.807) is 0 Å². The Hall–Kier alpha value is -0.990. The average molecular weight is 266 g/mol. The third kappa shape index (κ3) is 2.55. The van der Waals surface area contributed by atoms with Gasteiger partial charge in [-0.3, -0.25) is 0 Å². The van der Waals surface area contributed by atoms with Crippen molar-refractivity contribution in [1.82, 2.24) is 5.32 Å². The first kappa shape index (κ1) is 13.4. The van der Waals surface area contributed by atoms with Gasteiger partial charge in [0.05, 0.1) is 11.6 Å². The minimum atomic E-state index is 0.639. The lowest BCUT2D eigenvalue weighted by molar-refractivity contribution is 0.482. The molecule has 18 heavy (non-hydrogen) atoms. The molecule has 2 aromatic rings. The molecule has 1 aromatic carbocycles. The SMILES string of the molecule is Cc1ccc(Cl)c2c(C)c(CNCC(C)C)oc12. The monoisotopic (exact) mass is 265 g/mol. The lowest BCUT2D eigenvalue weighted by Crippen LogP contribution is -2.18. The van der Waals surface area contributed by atoms with E-state index in [0.717, 1.165) is 46.0 Å². The summed E-state index contributed by atoms with van der Waals surface area (Å²) in [6.45, 7) is 10.3. The molecule has 98 valence electrons. The average Bonchev–Trinajstić information content (AvgIpc) is 2.63. The number of halogens is 1. The van der Waals surface area contributed by atoms with Crippen molar-refractivity contribution in [3.63, 3.8) is 0 Å². The molecule has 3 heteroatoms. The van der Waals surface area contributed by atoms with E-state index in [-0.39, 0.29) is 0 Å². The Balaban J connectivity index is 2.33.